The van der Waals surface area contributed by atoms with Gasteiger partial charge >= 0.3 is 0 Å². The van der Waals surface area contributed by atoms with E-state index >= 15 is 0 Å². The van der Waals surface area contributed by atoms with E-state index in [1.54, 1.807) is 0 Å². The number of fused-ring (bicyclic) bond motifs is 1. The second-order valence-electron chi connectivity index (χ2n) is 7.16. The second-order valence-corrected chi connectivity index (χ2v) is 7.16. The van der Waals surface area contributed by atoms with Crippen LogP contribution in [0.4, 0.5) is 11.6 Å². The molecule has 2 aliphatic heterocycles. The summed E-state index contributed by atoms with van der Waals surface area (Å²) < 4.78 is 5.40. The fourth-order valence-electron chi connectivity index (χ4n) is 3.47. The number of carbonyl (C=O) groups excluding carboxylic acids is 1. The Balaban J connectivity index is 1.50. The predicted octanol–water partition coefficient (Wildman–Crippen LogP) is 1.58. The van der Waals surface area contributed by atoms with Gasteiger partial charge in [-0.1, -0.05) is 0 Å². The first-order valence-electron chi connectivity index (χ1n) is 9.36. The van der Waals surface area contributed by atoms with E-state index < -0.39 is 0 Å². The molecular weight excluding hydrogens is 342 g/mol. The third-order valence-corrected chi connectivity index (χ3v) is 5.14. The number of amides is 1. The molecule has 0 saturated carbocycles. The maximum absolute atomic E-state index is 12.9. The second kappa shape index (κ2) is 7.52. The van der Waals surface area contributed by atoms with Crippen LogP contribution in [-0.4, -0.2) is 67.7 Å². The van der Waals surface area contributed by atoms with E-state index in [9.17, 15) is 4.79 Å². The first-order chi connectivity index (χ1) is 13.1. The Labute approximate surface area is 159 Å². The summed E-state index contributed by atoms with van der Waals surface area (Å²) in [6.45, 7) is 4.24. The number of ether oxygens (including phenoxy) is 1. The maximum Gasteiger partial charge on any atom is 0.254 e. The zero-order valence-electron chi connectivity index (χ0n) is 15.9. The zero-order valence-corrected chi connectivity index (χ0v) is 15.9. The van der Waals surface area contributed by atoms with Crippen LogP contribution in [0.3, 0.4) is 0 Å². The number of rotatable bonds is 3. The van der Waals surface area contributed by atoms with Crippen LogP contribution >= 0.6 is 0 Å². The van der Waals surface area contributed by atoms with E-state index in [1.807, 2.05) is 54.4 Å². The molecule has 2 aromatic rings. The lowest BCUT2D eigenvalue weighted by molar-refractivity contribution is 0.0731. The Kier molecular flexibility index (Phi) is 4.94. The first kappa shape index (κ1) is 17.7. The molecule has 0 spiro atoms. The fraction of sp³-hybridized carbons (Fsp3) is 0.450. The standard InChI is InChI=1S/C20H25N5O2/c1-23(2)17-5-3-15(4-6-17)19(26)25-8-7-16-13-21-20(22-18(16)14-25)24-9-11-27-12-10-24/h3-6,13H,7-12,14H2,1-2H3. The summed E-state index contributed by atoms with van der Waals surface area (Å²) in [5.74, 6) is 0.791. The van der Waals surface area contributed by atoms with Crippen LogP contribution < -0.4 is 9.80 Å². The maximum atomic E-state index is 12.9. The van der Waals surface area contributed by atoms with Gasteiger partial charge in [0.25, 0.3) is 5.91 Å². The number of hydrogen-bond donors (Lipinski definition) is 0. The van der Waals surface area contributed by atoms with E-state index in [0.29, 0.717) is 31.9 Å². The Morgan fingerprint density at radius 1 is 1.11 bits per heavy atom. The smallest absolute Gasteiger partial charge is 0.254 e. The summed E-state index contributed by atoms with van der Waals surface area (Å²) in [6.07, 6.45) is 2.71. The van der Waals surface area contributed by atoms with Gasteiger partial charge in [0.15, 0.2) is 0 Å². The lowest BCUT2D eigenvalue weighted by Gasteiger charge is -2.31. The highest BCUT2D eigenvalue weighted by Gasteiger charge is 2.24. The Morgan fingerprint density at radius 3 is 2.56 bits per heavy atom. The normalized spacial score (nSPS) is 16.8. The molecule has 0 bridgehead atoms. The molecule has 0 aliphatic carbocycles. The van der Waals surface area contributed by atoms with E-state index in [1.165, 1.54) is 0 Å². The van der Waals surface area contributed by atoms with Gasteiger partial charge in [0.2, 0.25) is 5.95 Å². The first-order valence-corrected chi connectivity index (χ1v) is 9.36. The molecule has 7 nitrogen and oxygen atoms in total. The van der Waals surface area contributed by atoms with Crippen molar-refractivity contribution in [2.24, 2.45) is 0 Å². The molecule has 142 valence electrons. The van der Waals surface area contributed by atoms with Crippen LogP contribution in [0, 0.1) is 0 Å². The largest absolute Gasteiger partial charge is 0.378 e. The summed E-state index contributed by atoms with van der Waals surface area (Å²) in [5.41, 5.74) is 3.89. The molecule has 0 atom stereocenters. The molecule has 0 radical (unpaired) electrons. The van der Waals surface area contributed by atoms with E-state index in [2.05, 4.69) is 9.88 Å². The highest BCUT2D eigenvalue weighted by molar-refractivity contribution is 5.94. The molecule has 1 aromatic heterocycles. The SMILES string of the molecule is CN(C)c1ccc(C(=O)N2CCc3cnc(N4CCOCC4)nc3C2)cc1. The van der Waals surface area contributed by atoms with Crippen LogP contribution in [0.15, 0.2) is 30.5 Å². The lowest BCUT2D eigenvalue weighted by atomic mass is 10.1. The van der Waals surface area contributed by atoms with Crippen molar-refractivity contribution in [3.63, 3.8) is 0 Å². The van der Waals surface area contributed by atoms with Gasteiger partial charge in [0.1, 0.15) is 0 Å². The van der Waals surface area contributed by atoms with Crippen molar-refractivity contribution < 1.29 is 9.53 Å². The summed E-state index contributed by atoms with van der Waals surface area (Å²) in [5, 5.41) is 0. The van der Waals surface area contributed by atoms with Crippen molar-refractivity contribution in [2.75, 3.05) is 56.7 Å². The highest BCUT2D eigenvalue weighted by Crippen LogP contribution is 2.22. The zero-order chi connectivity index (χ0) is 18.8. The monoisotopic (exact) mass is 367 g/mol. The molecule has 27 heavy (non-hydrogen) atoms. The van der Waals surface area contributed by atoms with Crippen LogP contribution in [0.1, 0.15) is 21.6 Å². The number of hydrogen-bond acceptors (Lipinski definition) is 6. The van der Waals surface area contributed by atoms with Gasteiger partial charge in [-0.05, 0) is 36.2 Å². The minimum Gasteiger partial charge on any atom is -0.378 e. The van der Waals surface area contributed by atoms with Gasteiger partial charge in [-0.2, -0.15) is 0 Å². The molecular formula is C20H25N5O2. The molecule has 1 aromatic carbocycles. The summed E-state index contributed by atoms with van der Waals surface area (Å²) in [4.78, 5) is 28.2. The summed E-state index contributed by atoms with van der Waals surface area (Å²) >= 11 is 0. The van der Waals surface area contributed by atoms with Crippen molar-refractivity contribution >= 4 is 17.5 Å². The van der Waals surface area contributed by atoms with Crippen LogP contribution in [0.2, 0.25) is 0 Å². The van der Waals surface area contributed by atoms with Gasteiger partial charge in [-0.15, -0.1) is 0 Å². The van der Waals surface area contributed by atoms with Crippen molar-refractivity contribution in [3.8, 4) is 0 Å². The Bertz CT molecular complexity index is 816. The van der Waals surface area contributed by atoms with Gasteiger partial charge in [0, 0.05) is 51.2 Å². The van der Waals surface area contributed by atoms with Crippen LogP contribution in [-0.2, 0) is 17.7 Å². The number of nitrogens with zero attached hydrogens (tertiary/aromatic N) is 5. The molecule has 2 aliphatic rings. The Hall–Kier alpha value is -2.67. The Morgan fingerprint density at radius 2 is 1.85 bits per heavy atom. The predicted molar refractivity (Wildman–Crippen MR) is 104 cm³/mol. The minimum atomic E-state index is 0.0532. The summed E-state index contributed by atoms with van der Waals surface area (Å²) in [7, 11) is 3.98. The third kappa shape index (κ3) is 3.73. The molecule has 3 heterocycles. The molecule has 0 unspecified atom stereocenters. The average Bonchev–Trinajstić information content (AvgIpc) is 2.73. The minimum absolute atomic E-state index is 0.0532. The highest BCUT2D eigenvalue weighted by atomic mass is 16.5. The van der Waals surface area contributed by atoms with E-state index in [4.69, 9.17) is 9.72 Å². The topological polar surface area (TPSA) is 61.8 Å². The summed E-state index contributed by atoms with van der Waals surface area (Å²) in [6, 6.07) is 7.74. The number of morpholine rings is 1. The number of carbonyl (C=O) groups is 1. The van der Waals surface area contributed by atoms with Gasteiger partial charge in [0.05, 0.1) is 25.5 Å². The third-order valence-electron chi connectivity index (χ3n) is 5.14. The molecule has 7 heteroatoms. The average molecular weight is 367 g/mol. The van der Waals surface area contributed by atoms with Crippen molar-refractivity contribution in [2.45, 2.75) is 13.0 Å². The van der Waals surface area contributed by atoms with Crippen molar-refractivity contribution in [3.05, 3.63) is 47.3 Å². The number of anilines is 2. The van der Waals surface area contributed by atoms with Crippen LogP contribution in [0.25, 0.3) is 0 Å². The van der Waals surface area contributed by atoms with Crippen molar-refractivity contribution in [1.82, 2.24) is 14.9 Å². The molecule has 1 amide bonds. The van der Waals surface area contributed by atoms with Crippen molar-refractivity contribution in [1.29, 1.82) is 0 Å². The van der Waals surface area contributed by atoms with E-state index in [0.717, 1.165) is 42.4 Å². The molecule has 4 rings (SSSR count). The molecule has 1 saturated heterocycles. The fourth-order valence-corrected chi connectivity index (χ4v) is 3.47. The molecule has 0 N–H and O–H groups in total. The lowest BCUT2D eigenvalue weighted by Crippen LogP contribution is -2.39. The van der Waals surface area contributed by atoms with E-state index in [-0.39, 0.29) is 5.91 Å². The molecule has 1 fully saturated rings. The quantitative estimate of drug-likeness (QED) is 0.821. The van der Waals surface area contributed by atoms with Gasteiger partial charge in [-0.25, -0.2) is 9.97 Å². The van der Waals surface area contributed by atoms with Gasteiger partial charge in [-0.3, -0.25) is 4.79 Å². The number of benzene rings is 1. The van der Waals surface area contributed by atoms with Crippen LogP contribution in [0.5, 0.6) is 0 Å². The van der Waals surface area contributed by atoms with Gasteiger partial charge < -0.3 is 19.4 Å². The number of aromatic nitrogens is 2.